The van der Waals surface area contributed by atoms with E-state index in [9.17, 15) is 14.7 Å². The van der Waals surface area contributed by atoms with Crippen molar-refractivity contribution in [2.45, 2.75) is 38.3 Å². The lowest BCUT2D eigenvalue weighted by molar-refractivity contribution is -0.153. The minimum absolute atomic E-state index is 0.0189. The molecule has 0 unspecified atom stereocenters. The van der Waals surface area contributed by atoms with E-state index in [1.165, 1.54) is 17.8 Å². The van der Waals surface area contributed by atoms with E-state index < -0.39 is 17.5 Å². The number of aromatic nitrogens is 3. The molecule has 0 aliphatic heterocycles. The van der Waals surface area contributed by atoms with Gasteiger partial charge in [-0.25, -0.2) is 9.48 Å². The van der Waals surface area contributed by atoms with Crippen molar-refractivity contribution in [1.29, 1.82) is 0 Å². The lowest BCUT2D eigenvalue weighted by atomic mass is 9.77. The maximum atomic E-state index is 11.2. The molecular weight excluding hydrogens is 226 g/mol. The summed E-state index contributed by atoms with van der Waals surface area (Å²) in [4.78, 5) is 21.8. The number of carbonyl (C=O) groups is 2. The third-order valence-electron chi connectivity index (χ3n) is 2.98. The largest absolute Gasteiger partial charge is 0.479 e. The smallest absolute Gasteiger partial charge is 0.331 e. The first-order valence-electron chi connectivity index (χ1n) is 5.33. The van der Waals surface area contributed by atoms with E-state index in [2.05, 4.69) is 10.3 Å². The molecule has 2 rings (SSSR count). The highest BCUT2D eigenvalue weighted by molar-refractivity contribution is 5.77. The summed E-state index contributed by atoms with van der Waals surface area (Å²) in [6, 6.07) is 0. The number of rotatable bonds is 4. The fraction of sp³-hybridized carbons (Fsp3) is 0.600. The van der Waals surface area contributed by atoms with Crippen LogP contribution in [0.5, 0.6) is 0 Å². The molecule has 0 atom stereocenters. The minimum Gasteiger partial charge on any atom is -0.479 e. The molecule has 0 aromatic carbocycles. The van der Waals surface area contributed by atoms with Crippen molar-refractivity contribution in [2.75, 3.05) is 0 Å². The molecule has 1 saturated carbocycles. The van der Waals surface area contributed by atoms with Crippen LogP contribution in [0.4, 0.5) is 0 Å². The Bertz CT molecular complexity index is 450. The van der Waals surface area contributed by atoms with Crippen molar-refractivity contribution >= 4 is 11.9 Å². The van der Waals surface area contributed by atoms with Crippen molar-refractivity contribution < 1.29 is 19.4 Å². The van der Waals surface area contributed by atoms with Gasteiger partial charge in [-0.3, -0.25) is 4.79 Å². The van der Waals surface area contributed by atoms with E-state index in [4.69, 9.17) is 4.74 Å². The van der Waals surface area contributed by atoms with E-state index >= 15 is 0 Å². The Morgan fingerprint density at radius 1 is 1.59 bits per heavy atom. The average Bonchev–Trinajstić information content (AvgIpc) is 2.61. The third kappa shape index (κ3) is 2.00. The summed E-state index contributed by atoms with van der Waals surface area (Å²) in [5, 5.41) is 16.8. The van der Waals surface area contributed by atoms with Crippen LogP contribution < -0.4 is 0 Å². The minimum atomic E-state index is -0.957. The topological polar surface area (TPSA) is 94.3 Å². The van der Waals surface area contributed by atoms with E-state index in [1.807, 2.05) is 0 Å². The van der Waals surface area contributed by atoms with Crippen LogP contribution in [-0.2, 0) is 26.5 Å². The SMILES string of the molecule is CC(=O)OCc1cn(C2(C(=O)O)CCC2)nn1. The molecule has 1 aromatic heterocycles. The molecule has 17 heavy (non-hydrogen) atoms. The quantitative estimate of drug-likeness (QED) is 0.759. The molecule has 7 heteroatoms. The van der Waals surface area contributed by atoms with Gasteiger partial charge in [-0.15, -0.1) is 5.10 Å². The maximum absolute atomic E-state index is 11.2. The standard InChI is InChI=1S/C10H13N3O4/c1-7(14)17-6-8-5-13(12-11-8)10(9(15)16)3-2-4-10/h5H,2-4,6H2,1H3,(H,15,16). The molecule has 1 N–H and O–H groups in total. The molecule has 0 radical (unpaired) electrons. The second-order valence-corrected chi connectivity index (χ2v) is 4.12. The van der Waals surface area contributed by atoms with Gasteiger partial charge in [-0.05, 0) is 19.3 Å². The van der Waals surface area contributed by atoms with E-state index in [-0.39, 0.29) is 6.61 Å². The Morgan fingerprint density at radius 3 is 2.76 bits per heavy atom. The lowest BCUT2D eigenvalue weighted by Gasteiger charge is -2.36. The zero-order valence-corrected chi connectivity index (χ0v) is 9.42. The fourth-order valence-corrected chi connectivity index (χ4v) is 1.80. The third-order valence-corrected chi connectivity index (χ3v) is 2.98. The van der Waals surface area contributed by atoms with Crippen LogP contribution in [0.3, 0.4) is 0 Å². The zero-order chi connectivity index (χ0) is 12.5. The predicted octanol–water partition coefficient (Wildman–Crippen LogP) is 0.305. The summed E-state index contributed by atoms with van der Waals surface area (Å²) >= 11 is 0. The predicted molar refractivity (Wildman–Crippen MR) is 55.0 cm³/mol. The summed E-state index contributed by atoms with van der Waals surface area (Å²) in [5.74, 6) is -1.30. The Kier molecular flexibility index (Phi) is 2.83. The van der Waals surface area contributed by atoms with Gasteiger partial charge in [0.2, 0.25) is 0 Å². The molecule has 1 heterocycles. The van der Waals surface area contributed by atoms with Crippen LogP contribution in [0.2, 0.25) is 0 Å². The number of hydrogen-bond donors (Lipinski definition) is 1. The van der Waals surface area contributed by atoms with E-state index in [0.29, 0.717) is 18.5 Å². The van der Waals surface area contributed by atoms with Crippen LogP contribution >= 0.6 is 0 Å². The molecule has 1 aliphatic carbocycles. The number of carboxylic acid groups (broad SMARTS) is 1. The zero-order valence-electron chi connectivity index (χ0n) is 9.42. The molecule has 1 aromatic rings. The second kappa shape index (κ2) is 4.15. The van der Waals surface area contributed by atoms with Gasteiger partial charge in [-0.1, -0.05) is 5.21 Å². The molecule has 0 saturated heterocycles. The summed E-state index contributed by atoms with van der Waals surface area (Å²) in [6.07, 6.45) is 3.50. The van der Waals surface area contributed by atoms with Crippen molar-refractivity contribution in [3.05, 3.63) is 11.9 Å². The Labute approximate surface area is 97.4 Å². The normalized spacial score (nSPS) is 17.2. The van der Waals surface area contributed by atoms with Crippen LogP contribution in [-0.4, -0.2) is 32.0 Å². The number of aliphatic carboxylic acids is 1. The Hall–Kier alpha value is -1.92. The van der Waals surface area contributed by atoms with Crippen LogP contribution in [0.25, 0.3) is 0 Å². The summed E-state index contributed by atoms with van der Waals surface area (Å²) in [7, 11) is 0. The van der Waals surface area contributed by atoms with Gasteiger partial charge in [0.05, 0.1) is 6.20 Å². The number of carboxylic acids is 1. The van der Waals surface area contributed by atoms with Crippen molar-refractivity contribution in [2.24, 2.45) is 0 Å². The van der Waals surface area contributed by atoms with E-state index in [1.54, 1.807) is 0 Å². The highest BCUT2D eigenvalue weighted by Gasteiger charge is 2.47. The molecule has 1 fully saturated rings. The fourth-order valence-electron chi connectivity index (χ4n) is 1.80. The molecule has 7 nitrogen and oxygen atoms in total. The van der Waals surface area contributed by atoms with Crippen molar-refractivity contribution in [3.63, 3.8) is 0 Å². The van der Waals surface area contributed by atoms with Gasteiger partial charge in [0, 0.05) is 6.92 Å². The monoisotopic (exact) mass is 239 g/mol. The first-order chi connectivity index (χ1) is 8.04. The number of nitrogens with zero attached hydrogens (tertiary/aromatic N) is 3. The molecule has 0 bridgehead atoms. The van der Waals surface area contributed by atoms with Gasteiger partial charge < -0.3 is 9.84 Å². The summed E-state index contributed by atoms with van der Waals surface area (Å²) in [6.45, 7) is 1.32. The van der Waals surface area contributed by atoms with Gasteiger partial charge in [-0.2, -0.15) is 0 Å². The number of hydrogen-bond acceptors (Lipinski definition) is 5. The molecule has 0 spiro atoms. The van der Waals surface area contributed by atoms with E-state index in [0.717, 1.165) is 6.42 Å². The van der Waals surface area contributed by atoms with Crippen molar-refractivity contribution in [3.8, 4) is 0 Å². The van der Waals surface area contributed by atoms with Crippen LogP contribution in [0.15, 0.2) is 6.20 Å². The van der Waals surface area contributed by atoms with Crippen LogP contribution in [0, 0.1) is 0 Å². The molecule has 92 valence electrons. The number of esters is 1. The number of carbonyl (C=O) groups excluding carboxylic acids is 1. The molecular formula is C10H13N3O4. The molecule has 1 aliphatic rings. The van der Waals surface area contributed by atoms with Gasteiger partial charge in [0.1, 0.15) is 12.3 Å². The second-order valence-electron chi connectivity index (χ2n) is 4.12. The maximum Gasteiger partial charge on any atom is 0.331 e. The first kappa shape index (κ1) is 11.6. The molecule has 0 amide bonds. The van der Waals surface area contributed by atoms with Gasteiger partial charge in [0.15, 0.2) is 5.54 Å². The van der Waals surface area contributed by atoms with Gasteiger partial charge in [0.25, 0.3) is 0 Å². The average molecular weight is 239 g/mol. The highest BCUT2D eigenvalue weighted by atomic mass is 16.5. The van der Waals surface area contributed by atoms with Crippen LogP contribution in [0.1, 0.15) is 31.9 Å². The Morgan fingerprint density at radius 2 is 2.29 bits per heavy atom. The highest BCUT2D eigenvalue weighted by Crippen LogP contribution is 2.38. The van der Waals surface area contributed by atoms with Crippen molar-refractivity contribution in [1.82, 2.24) is 15.0 Å². The summed E-state index contributed by atoms with van der Waals surface area (Å²) < 4.78 is 6.12. The Balaban J connectivity index is 2.12. The number of ether oxygens (including phenoxy) is 1. The van der Waals surface area contributed by atoms with Gasteiger partial charge >= 0.3 is 11.9 Å². The summed E-state index contributed by atoms with van der Waals surface area (Å²) in [5.41, 5.74) is -0.505. The lowest BCUT2D eigenvalue weighted by Crippen LogP contribution is -2.48. The first-order valence-corrected chi connectivity index (χ1v) is 5.33.